The summed E-state index contributed by atoms with van der Waals surface area (Å²) in [5, 5.41) is 9.36. The van der Waals surface area contributed by atoms with Gasteiger partial charge in [0.1, 0.15) is 0 Å². The Morgan fingerprint density at radius 3 is 2.83 bits per heavy atom. The van der Waals surface area contributed by atoms with Crippen molar-refractivity contribution in [2.75, 3.05) is 0 Å². The highest BCUT2D eigenvalue weighted by Crippen LogP contribution is 2.03. The first-order valence-corrected chi connectivity index (χ1v) is 4.33. The van der Waals surface area contributed by atoms with E-state index < -0.39 is 0 Å². The van der Waals surface area contributed by atoms with Gasteiger partial charge in [0.05, 0.1) is 6.10 Å². The van der Waals surface area contributed by atoms with Crippen LogP contribution in [0.2, 0.25) is 0 Å². The largest absolute Gasteiger partial charge is 0.393 e. The van der Waals surface area contributed by atoms with Gasteiger partial charge in [0.2, 0.25) is 0 Å². The molecule has 0 amide bonds. The molecule has 0 spiro atoms. The summed E-state index contributed by atoms with van der Waals surface area (Å²) in [6, 6.07) is 5.88. The highest BCUT2D eigenvalue weighted by atomic mass is 16.3. The van der Waals surface area contributed by atoms with Gasteiger partial charge in [-0.05, 0) is 25.5 Å². The topological polar surface area (TPSA) is 33.1 Å². The number of hydrogen-bond acceptors (Lipinski definition) is 2. The van der Waals surface area contributed by atoms with Crippen molar-refractivity contribution < 1.29 is 5.11 Å². The molecule has 12 heavy (non-hydrogen) atoms. The Bertz CT molecular complexity index is 247. The molecule has 0 radical (unpaired) electrons. The summed E-state index contributed by atoms with van der Waals surface area (Å²) in [6.07, 6.45) is 1.20. The predicted molar refractivity (Wildman–Crippen MR) is 49.0 cm³/mol. The zero-order valence-corrected chi connectivity index (χ0v) is 7.62. The molecule has 2 heteroatoms. The monoisotopic (exact) mass is 165 g/mol. The first-order valence-electron chi connectivity index (χ1n) is 4.33. The third kappa shape index (κ3) is 2.62. The minimum absolute atomic E-state index is 0.251. The lowest BCUT2D eigenvalue weighted by Crippen LogP contribution is -2.09. The second kappa shape index (κ2) is 4.21. The summed E-state index contributed by atoms with van der Waals surface area (Å²) in [4.78, 5) is 4.30. The molecule has 1 unspecified atom stereocenters. The lowest BCUT2D eigenvalue weighted by molar-refractivity contribution is 0.169. The maximum Gasteiger partial charge on any atom is 0.0593 e. The van der Waals surface area contributed by atoms with Crippen molar-refractivity contribution in [1.82, 2.24) is 4.98 Å². The van der Waals surface area contributed by atoms with Crippen LogP contribution in [0.25, 0.3) is 0 Å². The van der Waals surface area contributed by atoms with Gasteiger partial charge in [0, 0.05) is 17.8 Å². The van der Waals surface area contributed by atoms with Crippen LogP contribution < -0.4 is 0 Å². The van der Waals surface area contributed by atoms with Crippen molar-refractivity contribution in [3.8, 4) is 0 Å². The van der Waals surface area contributed by atoms with E-state index >= 15 is 0 Å². The van der Waals surface area contributed by atoms with Crippen molar-refractivity contribution >= 4 is 0 Å². The molecule has 0 saturated carbocycles. The van der Waals surface area contributed by atoms with Crippen LogP contribution in [0.5, 0.6) is 0 Å². The van der Waals surface area contributed by atoms with Gasteiger partial charge in [0.25, 0.3) is 0 Å². The molecule has 0 bridgehead atoms. The van der Waals surface area contributed by atoms with E-state index in [9.17, 15) is 5.11 Å². The van der Waals surface area contributed by atoms with Crippen LogP contribution in [0, 0.1) is 6.92 Å². The van der Waals surface area contributed by atoms with E-state index in [2.05, 4.69) is 4.98 Å². The first kappa shape index (κ1) is 9.20. The predicted octanol–water partition coefficient (Wildman–Crippen LogP) is 1.70. The van der Waals surface area contributed by atoms with E-state index in [0.717, 1.165) is 17.8 Å². The van der Waals surface area contributed by atoms with Crippen molar-refractivity contribution in [2.24, 2.45) is 0 Å². The van der Waals surface area contributed by atoms with Gasteiger partial charge in [0.15, 0.2) is 0 Å². The summed E-state index contributed by atoms with van der Waals surface area (Å²) in [7, 11) is 0. The van der Waals surface area contributed by atoms with Crippen LogP contribution in [0.4, 0.5) is 0 Å². The average molecular weight is 165 g/mol. The summed E-state index contributed by atoms with van der Waals surface area (Å²) < 4.78 is 0. The molecule has 0 fully saturated rings. The lowest BCUT2D eigenvalue weighted by Gasteiger charge is -2.06. The fourth-order valence-electron chi connectivity index (χ4n) is 1.10. The lowest BCUT2D eigenvalue weighted by atomic mass is 10.1. The minimum atomic E-state index is -0.251. The second-order valence-corrected chi connectivity index (χ2v) is 3.04. The zero-order chi connectivity index (χ0) is 8.97. The van der Waals surface area contributed by atoms with Crippen LogP contribution in [0.3, 0.4) is 0 Å². The maximum absolute atomic E-state index is 9.36. The molecule has 0 aromatic carbocycles. The van der Waals surface area contributed by atoms with Crippen LogP contribution in [0.1, 0.15) is 24.7 Å². The van der Waals surface area contributed by atoms with Crippen LogP contribution >= 0.6 is 0 Å². The molecule has 66 valence electrons. The highest BCUT2D eigenvalue weighted by Gasteiger charge is 2.02. The van der Waals surface area contributed by atoms with Crippen molar-refractivity contribution in [1.29, 1.82) is 0 Å². The third-order valence-corrected chi connectivity index (χ3v) is 1.86. The van der Waals surface area contributed by atoms with Gasteiger partial charge < -0.3 is 5.11 Å². The molecule has 1 aromatic heterocycles. The molecule has 0 saturated heterocycles. The Hall–Kier alpha value is -0.890. The van der Waals surface area contributed by atoms with E-state index in [1.807, 2.05) is 32.0 Å². The van der Waals surface area contributed by atoms with E-state index in [0.29, 0.717) is 6.42 Å². The molecule has 0 aliphatic heterocycles. The van der Waals surface area contributed by atoms with E-state index in [-0.39, 0.29) is 6.10 Å². The highest BCUT2D eigenvalue weighted by molar-refractivity contribution is 5.10. The van der Waals surface area contributed by atoms with Gasteiger partial charge >= 0.3 is 0 Å². The Labute approximate surface area is 73.3 Å². The average Bonchev–Trinajstić information content (AvgIpc) is 2.04. The molecule has 1 heterocycles. The molecule has 1 rings (SSSR count). The Morgan fingerprint density at radius 2 is 2.25 bits per heavy atom. The van der Waals surface area contributed by atoms with Crippen LogP contribution in [-0.4, -0.2) is 16.2 Å². The van der Waals surface area contributed by atoms with E-state index in [1.165, 1.54) is 0 Å². The summed E-state index contributed by atoms with van der Waals surface area (Å²) in [6.45, 7) is 3.93. The van der Waals surface area contributed by atoms with Crippen molar-refractivity contribution in [3.05, 3.63) is 29.6 Å². The SMILES string of the molecule is CCC(O)Cc1cccc(C)n1. The normalized spacial score (nSPS) is 12.9. The maximum atomic E-state index is 9.36. The molecular weight excluding hydrogens is 150 g/mol. The standard InChI is InChI=1S/C10H15NO/c1-3-10(12)7-9-6-4-5-8(2)11-9/h4-6,10,12H,3,7H2,1-2H3. The minimum Gasteiger partial charge on any atom is -0.393 e. The Balaban J connectivity index is 2.63. The summed E-state index contributed by atoms with van der Waals surface area (Å²) in [5.41, 5.74) is 1.99. The molecule has 1 N–H and O–H groups in total. The van der Waals surface area contributed by atoms with E-state index in [1.54, 1.807) is 0 Å². The molecule has 1 atom stereocenters. The number of nitrogens with zero attached hydrogens (tertiary/aromatic N) is 1. The number of aliphatic hydroxyl groups excluding tert-OH is 1. The van der Waals surface area contributed by atoms with Gasteiger partial charge in [-0.1, -0.05) is 13.0 Å². The number of aromatic nitrogens is 1. The fourth-order valence-corrected chi connectivity index (χ4v) is 1.10. The number of rotatable bonds is 3. The Morgan fingerprint density at radius 1 is 1.50 bits per heavy atom. The zero-order valence-electron chi connectivity index (χ0n) is 7.62. The number of hydrogen-bond donors (Lipinski definition) is 1. The molecule has 2 nitrogen and oxygen atoms in total. The first-order chi connectivity index (χ1) is 5.72. The van der Waals surface area contributed by atoms with Gasteiger partial charge in [-0.2, -0.15) is 0 Å². The van der Waals surface area contributed by atoms with Gasteiger partial charge in [-0.15, -0.1) is 0 Å². The summed E-state index contributed by atoms with van der Waals surface area (Å²) in [5.74, 6) is 0. The molecule has 1 aromatic rings. The second-order valence-electron chi connectivity index (χ2n) is 3.04. The molecule has 0 aliphatic rings. The van der Waals surface area contributed by atoms with Crippen molar-refractivity contribution in [3.63, 3.8) is 0 Å². The van der Waals surface area contributed by atoms with Gasteiger partial charge in [-0.25, -0.2) is 0 Å². The summed E-state index contributed by atoms with van der Waals surface area (Å²) >= 11 is 0. The smallest absolute Gasteiger partial charge is 0.0593 e. The number of aryl methyl sites for hydroxylation is 1. The fraction of sp³-hybridized carbons (Fsp3) is 0.500. The van der Waals surface area contributed by atoms with Crippen LogP contribution in [-0.2, 0) is 6.42 Å². The number of pyridine rings is 1. The van der Waals surface area contributed by atoms with Crippen LogP contribution in [0.15, 0.2) is 18.2 Å². The Kier molecular flexibility index (Phi) is 3.23. The van der Waals surface area contributed by atoms with Gasteiger partial charge in [-0.3, -0.25) is 4.98 Å². The van der Waals surface area contributed by atoms with E-state index in [4.69, 9.17) is 0 Å². The quantitative estimate of drug-likeness (QED) is 0.739. The number of aliphatic hydroxyl groups is 1. The third-order valence-electron chi connectivity index (χ3n) is 1.86. The molecule has 0 aliphatic carbocycles. The molecular formula is C10H15NO. The van der Waals surface area contributed by atoms with Crippen molar-refractivity contribution in [2.45, 2.75) is 32.8 Å².